The van der Waals surface area contributed by atoms with Crippen molar-refractivity contribution >= 4 is 5.91 Å². The van der Waals surface area contributed by atoms with E-state index in [1.807, 2.05) is 0 Å². The lowest BCUT2D eigenvalue weighted by Gasteiger charge is -2.35. The molecule has 0 aromatic rings. The first kappa shape index (κ1) is 9.97. The number of hydrogen-bond acceptors (Lipinski definition) is 2. The van der Waals surface area contributed by atoms with Crippen LogP contribution in [-0.4, -0.2) is 25.0 Å². The molecule has 2 fully saturated rings. The van der Waals surface area contributed by atoms with E-state index in [0.29, 0.717) is 6.04 Å². The second kappa shape index (κ2) is 4.30. The Morgan fingerprint density at radius 2 is 2.21 bits per heavy atom. The molecule has 1 amide bonds. The number of amides is 1. The average Bonchev–Trinajstić information content (AvgIpc) is 2.17. The maximum absolute atomic E-state index is 11.8. The van der Waals surface area contributed by atoms with Gasteiger partial charge in [0, 0.05) is 12.6 Å². The lowest BCUT2D eigenvalue weighted by Crippen LogP contribution is -2.48. The minimum atomic E-state index is 0.222. The molecular weight excluding hydrogens is 176 g/mol. The van der Waals surface area contributed by atoms with Crippen molar-refractivity contribution in [3.63, 3.8) is 0 Å². The number of nitrogens with one attached hydrogen (secondary N) is 2. The molecule has 1 aliphatic carbocycles. The Balaban J connectivity index is 1.71. The van der Waals surface area contributed by atoms with Gasteiger partial charge in [-0.05, 0) is 38.1 Å². The zero-order valence-corrected chi connectivity index (χ0v) is 8.88. The number of carbonyl (C=O) groups excluding carboxylic acids is 1. The van der Waals surface area contributed by atoms with Crippen molar-refractivity contribution in [2.45, 2.75) is 38.6 Å². The quantitative estimate of drug-likeness (QED) is 0.689. The Bertz CT molecular complexity index is 205. The average molecular weight is 196 g/mol. The summed E-state index contributed by atoms with van der Waals surface area (Å²) in [7, 11) is 0. The first-order chi connectivity index (χ1) is 6.75. The van der Waals surface area contributed by atoms with Gasteiger partial charge in [0.15, 0.2) is 0 Å². The fourth-order valence-corrected chi connectivity index (χ4v) is 2.41. The fourth-order valence-electron chi connectivity index (χ4n) is 2.41. The number of rotatable bonds is 2. The van der Waals surface area contributed by atoms with E-state index < -0.39 is 0 Å². The maximum atomic E-state index is 11.8. The highest BCUT2D eigenvalue weighted by molar-refractivity contribution is 5.79. The molecule has 1 heterocycles. The summed E-state index contributed by atoms with van der Waals surface area (Å²) in [5.74, 6) is 1.30. The molecule has 3 nitrogen and oxygen atoms in total. The van der Waals surface area contributed by atoms with Gasteiger partial charge in [-0.25, -0.2) is 0 Å². The third-order valence-electron chi connectivity index (χ3n) is 3.39. The molecule has 0 aromatic carbocycles. The Kier molecular flexibility index (Phi) is 3.06. The Labute approximate surface area is 85.6 Å². The Morgan fingerprint density at radius 1 is 1.43 bits per heavy atom. The van der Waals surface area contributed by atoms with Crippen LogP contribution in [0, 0.1) is 11.8 Å². The minimum absolute atomic E-state index is 0.222. The molecule has 14 heavy (non-hydrogen) atoms. The largest absolute Gasteiger partial charge is 0.353 e. The minimum Gasteiger partial charge on any atom is -0.353 e. The molecule has 0 unspecified atom stereocenters. The molecule has 2 rings (SSSR count). The Morgan fingerprint density at radius 3 is 2.79 bits per heavy atom. The van der Waals surface area contributed by atoms with Crippen LogP contribution >= 0.6 is 0 Å². The van der Waals surface area contributed by atoms with Gasteiger partial charge in [-0.1, -0.05) is 6.92 Å². The molecule has 2 aliphatic rings. The molecule has 0 bridgehead atoms. The van der Waals surface area contributed by atoms with Crippen LogP contribution in [0.2, 0.25) is 0 Å². The van der Waals surface area contributed by atoms with Crippen LogP contribution in [0.5, 0.6) is 0 Å². The third-order valence-corrected chi connectivity index (χ3v) is 3.39. The highest BCUT2D eigenvalue weighted by Gasteiger charge is 2.29. The van der Waals surface area contributed by atoms with Gasteiger partial charge in [0.25, 0.3) is 0 Å². The van der Waals surface area contributed by atoms with E-state index in [1.54, 1.807) is 0 Å². The van der Waals surface area contributed by atoms with Gasteiger partial charge >= 0.3 is 0 Å². The lowest BCUT2D eigenvalue weighted by atomic mass is 9.81. The van der Waals surface area contributed by atoms with Gasteiger partial charge in [0.05, 0.1) is 5.92 Å². The molecule has 80 valence electrons. The summed E-state index contributed by atoms with van der Waals surface area (Å²) in [6.45, 7) is 4.18. The lowest BCUT2D eigenvalue weighted by molar-refractivity contribution is -0.127. The van der Waals surface area contributed by atoms with Crippen LogP contribution in [0.25, 0.3) is 0 Å². The van der Waals surface area contributed by atoms with Crippen molar-refractivity contribution in [1.82, 2.24) is 10.6 Å². The summed E-state index contributed by atoms with van der Waals surface area (Å²) >= 11 is 0. The first-order valence-corrected chi connectivity index (χ1v) is 5.77. The van der Waals surface area contributed by atoms with Crippen molar-refractivity contribution in [3.05, 3.63) is 0 Å². The second-order valence-electron chi connectivity index (χ2n) is 4.83. The zero-order chi connectivity index (χ0) is 9.97. The van der Waals surface area contributed by atoms with Crippen LogP contribution in [-0.2, 0) is 4.79 Å². The van der Waals surface area contributed by atoms with E-state index in [9.17, 15) is 4.79 Å². The van der Waals surface area contributed by atoms with E-state index in [-0.39, 0.29) is 11.8 Å². The molecule has 2 N–H and O–H groups in total. The van der Waals surface area contributed by atoms with Crippen molar-refractivity contribution in [2.24, 2.45) is 11.8 Å². The van der Waals surface area contributed by atoms with Crippen LogP contribution < -0.4 is 10.6 Å². The summed E-state index contributed by atoms with van der Waals surface area (Å²) in [6, 6.07) is 0.472. The van der Waals surface area contributed by atoms with Gasteiger partial charge in [-0.2, -0.15) is 0 Å². The van der Waals surface area contributed by atoms with Crippen LogP contribution in [0.4, 0.5) is 0 Å². The van der Waals surface area contributed by atoms with Gasteiger partial charge in [0.2, 0.25) is 5.91 Å². The second-order valence-corrected chi connectivity index (χ2v) is 4.83. The summed E-state index contributed by atoms with van der Waals surface area (Å²) < 4.78 is 0. The van der Waals surface area contributed by atoms with Crippen LogP contribution in [0.1, 0.15) is 32.6 Å². The van der Waals surface area contributed by atoms with E-state index in [4.69, 9.17) is 0 Å². The van der Waals surface area contributed by atoms with Gasteiger partial charge < -0.3 is 10.6 Å². The molecular formula is C11H20N2O. The zero-order valence-electron chi connectivity index (χ0n) is 8.88. The van der Waals surface area contributed by atoms with Crippen molar-refractivity contribution < 1.29 is 4.79 Å². The van der Waals surface area contributed by atoms with Crippen molar-refractivity contribution in [1.29, 1.82) is 0 Å². The Hall–Kier alpha value is -0.570. The molecule has 1 saturated carbocycles. The van der Waals surface area contributed by atoms with E-state index in [1.165, 1.54) is 12.8 Å². The van der Waals surface area contributed by atoms with Crippen LogP contribution in [0.3, 0.4) is 0 Å². The molecule has 0 aromatic heterocycles. The van der Waals surface area contributed by atoms with E-state index in [0.717, 1.165) is 31.8 Å². The fraction of sp³-hybridized carbons (Fsp3) is 0.909. The smallest absolute Gasteiger partial charge is 0.224 e. The van der Waals surface area contributed by atoms with Crippen molar-refractivity contribution in [3.8, 4) is 0 Å². The normalized spacial score (nSPS) is 37.4. The SMILES string of the molecule is CC1CC(NC(=O)[C@@H]2CCCNC2)C1. The predicted molar refractivity (Wildman–Crippen MR) is 55.9 cm³/mol. The number of hydrogen-bond donors (Lipinski definition) is 2. The molecule has 0 spiro atoms. The van der Waals surface area contributed by atoms with E-state index in [2.05, 4.69) is 17.6 Å². The number of piperidine rings is 1. The summed E-state index contributed by atoms with van der Waals surface area (Å²) in [6.07, 6.45) is 4.54. The van der Waals surface area contributed by atoms with Crippen molar-refractivity contribution in [2.75, 3.05) is 13.1 Å². The third kappa shape index (κ3) is 2.27. The van der Waals surface area contributed by atoms with Gasteiger partial charge in [0.1, 0.15) is 0 Å². The summed E-state index contributed by atoms with van der Waals surface area (Å²) in [5.41, 5.74) is 0. The molecule has 0 radical (unpaired) electrons. The monoisotopic (exact) mass is 196 g/mol. The summed E-state index contributed by atoms with van der Waals surface area (Å²) in [5, 5.41) is 6.41. The van der Waals surface area contributed by atoms with Crippen LogP contribution in [0.15, 0.2) is 0 Å². The van der Waals surface area contributed by atoms with E-state index >= 15 is 0 Å². The molecule has 3 heteroatoms. The standard InChI is InChI=1S/C11H20N2O/c1-8-5-10(6-8)13-11(14)9-3-2-4-12-7-9/h8-10,12H,2-7H2,1H3,(H,13,14)/t8?,9-,10?/m1/s1. The molecule has 1 aliphatic heterocycles. The molecule has 1 saturated heterocycles. The summed E-state index contributed by atoms with van der Waals surface area (Å²) in [4.78, 5) is 11.8. The predicted octanol–water partition coefficient (Wildman–Crippen LogP) is 0.901. The topological polar surface area (TPSA) is 41.1 Å². The number of carbonyl (C=O) groups is 1. The van der Waals surface area contributed by atoms with Gasteiger partial charge in [-0.15, -0.1) is 0 Å². The van der Waals surface area contributed by atoms with Gasteiger partial charge in [-0.3, -0.25) is 4.79 Å². The highest BCUT2D eigenvalue weighted by atomic mass is 16.2. The molecule has 1 atom stereocenters. The maximum Gasteiger partial charge on any atom is 0.224 e. The first-order valence-electron chi connectivity index (χ1n) is 5.77. The highest BCUT2D eigenvalue weighted by Crippen LogP contribution is 2.26.